The summed E-state index contributed by atoms with van der Waals surface area (Å²) in [4.78, 5) is 24.4. The van der Waals surface area contributed by atoms with Crippen molar-refractivity contribution in [2.45, 2.75) is 6.92 Å². The molecule has 1 aliphatic rings. The summed E-state index contributed by atoms with van der Waals surface area (Å²) in [5.41, 5.74) is 1.64. The number of carbonyl (C=O) groups is 2. The number of ether oxygens (including phenoxy) is 3. The van der Waals surface area contributed by atoms with E-state index in [4.69, 9.17) is 30.2 Å². The molecule has 3 aromatic rings. The molecule has 1 N–H and O–H groups in total. The van der Waals surface area contributed by atoms with Gasteiger partial charge in [0.1, 0.15) is 18.8 Å². The number of nitrogens with one attached hydrogen (secondary N) is 1. The highest BCUT2D eigenvalue weighted by Crippen LogP contribution is 2.32. The van der Waals surface area contributed by atoms with Crippen LogP contribution in [0.5, 0.6) is 11.5 Å². The van der Waals surface area contributed by atoms with Gasteiger partial charge in [0.2, 0.25) is 5.76 Å². The van der Waals surface area contributed by atoms with Crippen molar-refractivity contribution in [1.82, 2.24) is 0 Å². The Balaban J connectivity index is 1.39. The summed E-state index contributed by atoms with van der Waals surface area (Å²) in [7, 11) is 0. The van der Waals surface area contributed by atoms with Crippen molar-refractivity contribution in [3.8, 4) is 11.5 Å². The van der Waals surface area contributed by atoms with E-state index in [9.17, 15) is 9.59 Å². The van der Waals surface area contributed by atoms with Crippen molar-refractivity contribution in [1.29, 1.82) is 0 Å². The molecule has 1 amide bonds. The molecule has 8 heteroatoms. The lowest BCUT2D eigenvalue weighted by Crippen LogP contribution is -2.21. The number of amides is 1. The highest BCUT2D eigenvalue weighted by atomic mass is 35.5. The van der Waals surface area contributed by atoms with Crippen LogP contribution in [0.2, 0.25) is 5.02 Å². The monoisotopic (exact) mass is 401 g/mol. The fourth-order valence-electron chi connectivity index (χ4n) is 2.90. The number of hydrogen-bond acceptors (Lipinski definition) is 6. The lowest BCUT2D eigenvalue weighted by Gasteiger charge is -2.18. The van der Waals surface area contributed by atoms with Gasteiger partial charge >= 0.3 is 5.97 Å². The molecular formula is C20H16ClNO6. The highest BCUT2D eigenvalue weighted by molar-refractivity contribution is 6.31. The second kappa shape index (κ2) is 7.44. The summed E-state index contributed by atoms with van der Waals surface area (Å²) in [6.45, 7) is 2.21. The molecule has 2 heterocycles. The molecule has 1 aromatic heterocycles. The van der Waals surface area contributed by atoms with E-state index < -0.39 is 18.5 Å². The van der Waals surface area contributed by atoms with Crippen molar-refractivity contribution < 1.29 is 28.2 Å². The molecule has 7 nitrogen and oxygen atoms in total. The van der Waals surface area contributed by atoms with Crippen molar-refractivity contribution in [2.75, 3.05) is 25.1 Å². The normalized spacial score (nSPS) is 12.6. The van der Waals surface area contributed by atoms with Crippen LogP contribution in [0, 0.1) is 6.92 Å². The molecule has 0 saturated heterocycles. The Morgan fingerprint density at radius 3 is 2.71 bits per heavy atom. The number of aryl methyl sites for hydroxylation is 1. The zero-order valence-corrected chi connectivity index (χ0v) is 15.7. The van der Waals surface area contributed by atoms with E-state index in [0.717, 1.165) is 5.39 Å². The topological polar surface area (TPSA) is 87.0 Å². The van der Waals surface area contributed by atoms with Crippen LogP contribution < -0.4 is 14.8 Å². The molecular weight excluding hydrogens is 386 g/mol. The van der Waals surface area contributed by atoms with E-state index in [2.05, 4.69) is 5.32 Å². The maximum absolute atomic E-state index is 12.3. The van der Waals surface area contributed by atoms with E-state index >= 15 is 0 Å². The van der Waals surface area contributed by atoms with Gasteiger partial charge in [-0.25, -0.2) is 4.79 Å². The molecule has 0 fully saturated rings. The molecule has 0 radical (unpaired) electrons. The Morgan fingerprint density at radius 2 is 1.89 bits per heavy atom. The molecule has 0 atom stereocenters. The quantitative estimate of drug-likeness (QED) is 0.666. The van der Waals surface area contributed by atoms with Gasteiger partial charge in [-0.15, -0.1) is 0 Å². The molecule has 0 spiro atoms. The number of anilines is 1. The Morgan fingerprint density at radius 1 is 1.11 bits per heavy atom. The SMILES string of the molecule is Cc1c(C(=O)OCC(=O)Nc2ccc3c(c2)OCCO3)oc2ccc(Cl)cc12. The second-order valence-corrected chi connectivity index (χ2v) is 6.62. The predicted octanol–water partition coefficient (Wildman–Crippen LogP) is 3.96. The van der Waals surface area contributed by atoms with Crippen molar-refractivity contribution in [3.05, 3.63) is 52.7 Å². The van der Waals surface area contributed by atoms with E-state index in [1.54, 1.807) is 43.3 Å². The maximum atomic E-state index is 12.3. The van der Waals surface area contributed by atoms with Crippen LogP contribution in [0.1, 0.15) is 16.1 Å². The number of hydrogen-bond donors (Lipinski definition) is 1. The third-order valence-corrected chi connectivity index (χ3v) is 4.48. The predicted molar refractivity (Wildman–Crippen MR) is 102 cm³/mol. The van der Waals surface area contributed by atoms with Gasteiger partial charge < -0.3 is 23.9 Å². The number of esters is 1. The fourth-order valence-corrected chi connectivity index (χ4v) is 3.07. The molecule has 4 rings (SSSR count). The van der Waals surface area contributed by atoms with Gasteiger partial charge in [0.15, 0.2) is 18.1 Å². The minimum absolute atomic E-state index is 0.0457. The average molecular weight is 402 g/mol. The second-order valence-electron chi connectivity index (χ2n) is 6.18. The van der Waals surface area contributed by atoms with Crippen LogP contribution in [0.4, 0.5) is 5.69 Å². The molecule has 2 aromatic carbocycles. The summed E-state index contributed by atoms with van der Waals surface area (Å²) in [6.07, 6.45) is 0. The minimum atomic E-state index is -0.720. The first kappa shape index (κ1) is 18.2. The van der Waals surface area contributed by atoms with Crippen LogP contribution >= 0.6 is 11.6 Å². The largest absolute Gasteiger partial charge is 0.486 e. The summed E-state index contributed by atoms with van der Waals surface area (Å²) < 4.78 is 21.5. The standard InChI is InChI=1S/C20H16ClNO6/c1-11-14-8-12(21)2-4-15(14)28-19(11)20(24)27-10-18(23)22-13-3-5-16-17(9-13)26-7-6-25-16/h2-5,8-9H,6-7,10H2,1H3,(H,22,23). The summed E-state index contributed by atoms with van der Waals surface area (Å²) >= 11 is 5.98. The first-order valence-electron chi connectivity index (χ1n) is 8.56. The fraction of sp³-hybridized carbons (Fsp3) is 0.200. The number of carbonyl (C=O) groups excluding carboxylic acids is 2. The number of benzene rings is 2. The van der Waals surface area contributed by atoms with Crippen LogP contribution in [-0.2, 0) is 9.53 Å². The lowest BCUT2D eigenvalue weighted by molar-refractivity contribution is -0.119. The zero-order valence-electron chi connectivity index (χ0n) is 14.9. The summed E-state index contributed by atoms with van der Waals surface area (Å²) in [6, 6.07) is 10.1. The Kier molecular flexibility index (Phi) is 4.83. The number of fused-ring (bicyclic) bond motifs is 2. The third-order valence-electron chi connectivity index (χ3n) is 4.24. The minimum Gasteiger partial charge on any atom is -0.486 e. The van der Waals surface area contributed by atoms with Crippen molar-refractivity contribution in [2.24, 2.45) is 0 Å². The van der Waals surface area contributed by atoms with E-state index in [1.165, 1.54) is 0 Å². The third kappa shape index (κ3) is 3.61. The van der Waals surface area contributed by atoms with E-state index in [-0.39, 0.29) is 5.76 Å². The van der Waals surface area contributed by atoms with Gasteiger partial charge in [-0.05, 0) is 37.3 Å². The Hall–Kier alpha value is -3.19. The van der Waals surface area contributed by atoms with Gasteiger partial charge in [0.05, 0.1) is 0 Å². The van der Waals surface area contributed by atoms with E-state index in [0.29, 0.717) is 46.6 Å². The Bertz CT molecular complexity index is 1070. The molecule has 0 bridgehead atoms. The van der Waals surface area contributed by atoms with Gasteiger partial charge in [-0.3, -0.25) is 4.79 Å². The molecule has 1 aliphatic heterocycles. The number of furan rings is 1. The van der Waals surface area contributed by atoms with Gasteiger partial charge in [0.25, 0.3) is 5.91 Å². The number of halogens is 1. The van der Waals surface area contributed by atoms with Crippen molar-refractivity contribution in [3.63, 3.8) is 0 Å². The van der Waals surface area contributed by atoms with Crippen molar-refractivity contribution >= 4 is 40.1 Å². The summed E-state index contributed by atoms with van der Waals surface area (Å²) in [5, 5.41) is 3.91. The lowest BCUT2D eigenvalue weighted by atomic mass is 10.1. The van der Waals surface area contributed by atoms with Crippen LogP contribution in [-0.4, -0.2) is 31.7 Å². The molecule has 0 saturated carbocycles. The highest BCUT2D eigenvalue weighted by Gasteiger charge is 2.20. The van der Waals surface area contributed by atoms with Crippen LogP contribution in [0.3, 0.4) is 0 Å². The molecule has 0 unspecified atom stereocenters. The summed E-state index contributed by atoms with van der Waals surface area (Å²) in [5.74, 6) is 0.0159. The van der Waals surface area contributed by atoms with Crippen LogP contribution in [0.15, 0.2) is 40.8 Å². The first-order valence-corrected chi connectivity index (χ1v) is 8.94. The van der Waals surface area contributed by atoms with Gasteiger partial charge in [-0.1, -0.05) is 11.6 Å². The smallest absolute Gasteiger partial charge is 0.375 e. The Labute approximate surface area is 165 Å². The maximum Gasteiger partial charge on any atom is 0.375 e. The average Bonchev–Trinajstić information content (AvgIpc) is 3.02. The number of rotatable bonds is 4. The van der Waals surface area contributed by atoms with Gasteiger partial charge in [-0.2, -0.15) is 0 Å². The molecule has 144 valence electrons. The zero-order chi connectivity index (χ0) is 19.7. The molecule has 28 heavy (non-hydrogen) atoms. The molecule has 0 aliphatic carbocycles. The van der Waals surface area contributed by atoms with E-state index in [1.807, 2.05) is 0 Å². The van der Waals surface area contributed by atoms with Gasteiger partial charge in [0, 0.05) is 27.7 Å². The van der Waals surface area contributed by atoms with Crippen LogP contribution in [0.25, 0.3) is 11.0 Å². The first-order chi connectivity index (χ1) is 13.5.